The molecular formula is C18H25NO. The maximum absolute atomic E-state index is 6.11. The molecule has 0 radical (unpaired) electrons. The van der Waals surface area contributed by atoms with Gasteiger partial charge in [0.2, 0.25) is 0 Å². The van der Waals surface area contributed by atoms with Crippen LogP contribution in [0.1, 0.15) is 56.2 Å². The number of fused-ring (bicyclic) bond motifs is 1. The minimum Gasteiger partial charge on any atom is -0.486 e. The van der Waals surface area contributed by atoms with Gasteiger partial charge in [-0.05, 0) is 74.4 Å². The molecule has 2 atom stereocenters. The summed E-state index contributed by atoms with van der Waals surface area (Å²) in [4.78, 5) is 0. The van der Waals surface area contributed by atoms with E-state index in [1.54, 1.807) is 0 Å². The second-order valence-corrected chi connectivity index (χ2v) is 5.88. The number of allylic oxidation sites excluding steroid dienone is 1. The molecule has 1 aromatic carbocycles. The minimum absolute atomic E-state index is 0.273. The van der Waals surface area contributed by atoms with Gasteiger partial charge in [0.1, 0.15) is 11.9 Å². The summed E-state index contributed by atoms with van der Waals surface area (Å²) in [5.74, 6) is 1.04. The summed E-state index contributed by atoms with van der Waals surface area (Å²) in [5.41, 5.74) is 2.95. The molecule has 0 aliphatic heterocycles. The predicted molar refractivity (Wildman–Crippen MR) is 83.2 cm³/mol. The Balaban J connectivity index is 1.74. The third kappa shape index (κ3) is 3.06. The number of rotatable bonds is 4. The third-order valence-corrected chi connectivity index (χ3v) is 4.38. The molecule has 108 valence electrons. The Labute approximate surface area is 122 Å². The largest absolute Gasteiger partial charge is 0.486 e. The van der Waals surface area contributed by atoms with Crippen molar-refractivity contribution in [2.24, 2.45) is 0 Å². The molecule has 0 saturated carbocycles. The molecule has 2 aliphatic carbocycles. The second kappa shape index (κ2) is 6.45. The first kappa shape index (κ1) is 13.7. The van der Waals surface area contributed by atoms with Gasteiger partial charge in [0.25, 0.3) is 0 Å². The van der Waals surface area contributed by atoms with Crippen LogP contribution in [-0.2, 0) is 6.42 Å². The van der Waals surface area contributed by atoms with Gasteiger partial charge in [0.05, 0.1) is 0 Å². The van der Waals surface area contributed by atoms with Crippen LogP contribution >= 0.6 is 0 Å². The van der Waals surface area contributed by atoms with Crippen molar-refractivity contribution < 1.29 is 4.74 Å². The Hall–Kier alpha value is -1.28. The van der Waals surface area contributed by atoms with E-state index in [0.29, 0.717) is 6.04 Å². The first-order valence-corrected chi connectivity index (χ1v) is 8.06. The van der Waals surface area contributed by atoms with Crippen LogP contribution in [0.15, 0.2) is 30.4 Å². The normalized spacial score (nSPS) is 25.2. The van der Waals surface area contributed by atoms with E-state index in [4.69, 9.17) is 4.74 Å². The van der Waals surface area contributed by atoms with Crippen LogP contribution in [0.5, 0.6) is 5.75 Å². The monoisotopic (exact) mass is 271 g/mol. The highest BCUT2D eigenvalue weighted by molar-refractivity contribution is 5.39. The highest BCUT2D eigenvalue weighted by Crippen LogP contribution is 2.32. The van der Waals surface area contributed by atoms with Gasteiger partial charge >= 0.3 is 0 Å². The van der Waals surface area contributed by atoms with Gasteiger partial charge < -0.3 is 10.1 Å². The van der Waals surface area contributed by atoms with Crippen LogP contribution in [-0.4, -0.2) is 12.6 Å². The Morgan fingerprint density at radius 2 is 2.20 bits per heavy atom. The minimum atomic E-state index is 0.273. The van der Waals surface area contributed by atoms with Gasteiger partial charge in [-0.3, -0.25) is 0 Å². The van der Waals surface area contributed by atoms with Crippen molar-refractivity contribution in [3.63, 3.8) is 0 Å². The summed E-state index contributed by atoms with van der Waals surface area (Å²) < 4.78 is 6.11. The molecule has 2 aliphatic rings. The molecule has 0 heterocycles. The van der Waals surface area contributed by atoms with Crippen molar-refractivity contribution in [3.05, 3.63) is 41.5 Å². The van der Waals surface area contributed by atoms with Gasteiger partial charge in [-0.2, -0.15) is 0 Å². The molecule has 2 heteroatoms. The van der Waals surface area contributed by atoms with Crippen LogP contribution in [0.2, 0.25) is 0 Å². The van der Waals surface area contributed by atoms with Gasteiger partial charge in [0.15, 0.2) is 0 Å². The molecule has 0 amide bonds. The summed E-state index contributed by atoms with van der Waals surface area (Å²) in [6.45, 7) is 3.22. The molecule has 0 bridgehead atoms. The topological polar surface area (TPSA) is 21.3 Å². The van der Waals surface area contributed by atoms with E-state index in [9.17, 15) is 0 Å². The zero-order valence-electron chi connectivity index (χ0n) is 12.4. The molecule has 0 fully saturated rings. The maximum atomic E-state index is 6.11. The zero-order valence-corrected chi connectivity index (χ0v) is 12.4. The number of ether oxygens (including phenoxy) is 1. The summed E-state index contributed by atoms with van der Waals surface area (Å²) in [6.07, 6.45) is 12.0. The Bertz CT molecular complexity index is 480. The van der Waals surface area contributed by atoms with E-state index in [2.05, 4.69) is 42.6 Å². The molecule has 2 unspecified atom stereocenters. The standard InChI is InChI=1S/C18H25NO/c1-2-19-18-10-6-7-14-13-16(11-12-17(14)18)20-15-8-4-3-5-9-15/h4,8,11-13,15,18-19H,2-3,5-7,9-10H2,1H3. The fourth-order valence-electron chi connectivity index (χ4n) is 3.38. The summed E-state index contributed by atoms with van der Waals surface area (Å²) in [6, 6.07) is 7.22. The Morgan fingerprint density at radius 3 is 3.00 bits per heavy atom. The van der Waals surface area contributed by atoms with Gasteiger partial charge in [0, 0.05) is 6.04 Å². The molecule has 1 aromatic rings. The SMILES string of the molecule is CCNC1CCCc2cc(OC3C=CCCC3)ccc21. The van der Waals surface area contributed by atoms with Gasteiger partial charge in [-0.15, -0.1) is 0 Å². The average Bonchev–Trinajstić information content (AvgIpc) is 2.49. The summed E-state index contributed by atoms with van der Waals surface area (Å²) in [5, 5.41) is 3.59. The Kier molecular flexibility index (Phi) is 4.41. The molecule has 2 nitrogen and oxygen atoms in total. The van der Waals surface area contributed by atoms with Crippen molar-refractivity contribution in [1.29, 1.82) is 0 Å². The highest BCUT2D eigenvalue weighted by Gasteiger charge is 2.20. The molecular weight excluding hydrogens is 246 g/mol. The van der Waals surface area contributed by atoms with Crippen LogP contribution in [0.25, 0.3) is 0 Å². The van der Waals surface area contributed by atoms with Gasteiger partial charge in [-0.1, -0.05) is 19.1 Å². The van der Waals surface area contributed by atoms with E-state index in [1.165, 1.54) is 43.2 Å². The van der Waals surface area contributed by atoms with Gasteiger partial charge in [-0.25, -0.2) is 0 Å². The van der Waals surface area contributed by atoms with Crippen molar-refractivity contribution in [3.8, 4) is 5.75 Å². The van der Waals surface area contributed by atoms with E-state index in [-0.39, 0.29) is 6.10 Å². The lowest BCUT2D eigenvalue weighted by Gasteiger charge is -2.27. The second-order valence-electron chi connectivity index (χ2n) is 5.88. The number of benzene rings is 1. The van der Waals surface area contributed by atoms with Crippen molar-refractivity contribution >= 4 is 0 Å². The Morgan fingerprint density at radius 1 is 1.25 bits per heavy atom. The predicted octanol–water partition coefficient (Wildman–Crippen LogP) is 4.16. The summed E-state index contributed by atoms with van der Waals surface area (Å²) in [7, 11) is 0. The third-order valence-electron chi connectivity index (χ3n) is 4.38. The molecule has 1 N–H and O–H groups in total. The van der Waals surface area contributed by atoms with Crippen LogP contribution in [0.4, 0.5) is 0 Å². The molecule has 0 aromatic heterocycles. The van der Waals surface area contributed by atoms with Crippen LogP contribution in [0, 0.1) is 0 Å². The lowest BCUT2D eigenvalue weighted by Crippen LogP contribution is -2.25. The quantitative estimate of drug-likeness (QED) is 0.830. The molecule has 3 rings (SSSR count). The summed E-state index contributed by atoms with van der Waals surface area (Å²) >= 11 is 0. The van der Waals surface area contributed by atoms with E-state index in [1.807, 2.05) is 0 Å². The van der Waals surface area contributed by atoms with Crippen molar-refractivity contribution in [2.45, 2.75) is 57.6 Å². The zero-order chi connectivity index (χ0) is 13.8. The van der Waals surface area contributed by atoms with Crippen LogP contribution in [0.3, 0.4) is 0 Å². The highest BCUT2D eigenvalue weighted by atomic mass is 16.5. The smallest absolute Gasteiger partial charge is 0.120 e. The molecule has 20 heavy (non-hydrogen) atoms. The molecule has 0 spiro atoms. The maximum Gasteiger partial charge on any atom is 0.120 e. The van der Waals surface area contributed by atoms with Crippen LogP contribution < -0.4 is 10.1 Å². The number of aryl methyl sites for hydroxylation is 1. The molecule has 0 saturated heterocycles. The first-order valence-electron chi connectivity index (χ1n) is 8.06. The van der Waals surface area contributed by atoms with E-state index >= 15 is 0 Å². The van der Waals surface area contributed by atoms with Crippen molar-refractivity contribution in [1.82, 2.24) is 5.32 Å². The average molecular weight is 271 g/mol. The lowest BCUT2D eigenvalue weighted by atomic mass is 9.87. The first-order chi connectivity index (χ1) is 9.86. The fraction of sp³-hybridized carbons (Fsp3) is 0.556. The fourth-order valence-corrected chi connectivity index (χ4v) is 3.38. The number of hydrogen-bond acceptors (Lipinski definition) is 2. The van der Waals surface area contributed by atoms with E-state index in [0.717, 1.165) is 18.7 Å². The number of nitrogens with one attached hydrogen (secondary N) is 1. The van der Waals surface area contributed by atoms with E-state index < -0.39 is 0 Å². The number of hydrogen-bond donors (Lipinski definition) is 1. The van der Waals surface area contributed by atoms with Crippen molar-refractivity contribution in [2.75, 3.05) is 6.54 Å². The lowest BCUT2D eigenvalue weighted by molar-refractivity contribution is 0.229.